The molecular formula is C21H48OSi2. The van der Waals surface area contributed by atoms with Gasteiger partial charge in [0.05, 0.1) is 7.59 Å². The maximum atomic E-state index is 6.73. The Morgan fingerprint density at radius 1 is 0.583 bits per heavy atom. The van der Waals surface area contributed by atoms with Crippen molar-refractivity contribution in [1.29, 1.82) is 0 Å². The summed E-state index contributed by atoms with van der Waals surface area (Å²) < 4.78 is 6.73. The highest BCUT2D eigenvalue weighted by Crippen LogP contribution is 2.25. The van der Waals surface area contributed by atoms with Crippen molar-refractivity contribution in [1.82, 2.24) is 0 Å². The quantitative estimate of drug-likeness (QED) is 0.196. The van der Waals surface area contributed by atoms with Gasteiger partial charge in [-0.15, -0.1) is 0 Å². The molecule has 0 aromatic carbocycles. The molecule has 0 aromatic heterocycles. The van der Waals surface area contributed by atoms with Crippen LogP contribution >= 0.6 is 0 Å². The molecule has 1 unspecified atom stereocenters. The fraction of sp³-hybridized carbons (Fsp3) is 1.00. The maximum absolute atomic E-state index is 6.73. The van der Waals surface area contributed by atoms with Crippen molar-refractivity contribution in [2.45, 2.75) is 136 Å². The SMILES string of the molecule is CCCCCCCCCCCCC(CCC)O[Si](C)(C)[Si](C)(C)C. The zero-order chi connectivity index (χ0) is 18.5. The van der Waals surface area contributed by atoms with E-state index in [9.17, 15) is 0 Å². The van der Waals surface area contributed by atoms with Gasteiger partial charge in [0.15, 0.2) is 7.83 Å². The molecule has 0 radical (unpaired) electrons. The smallest absolute Gasteiger partial charge is 0.173 e. The summed E-state index contributed by atoms with van der Waals surface area (Å²) in [5, 5.41) is 0. The molecular weight excluding hydrogens is 324 g/mol. The van der Waals surface area contributed by atoms with Crippen molar-refractivity contribution in [2.75, 3.05) is 0 Å². The van der Waals surface area contributed by atoms with Crippen LogP contribution in [0.5, 0.6) is 0 Å². The Balaban J connectivity index is 3.83. The molecule has 0 saturated heterocycles. The molecule has 0 bridgehead atoms. The summed E-state index contributed by atoms with van der Waals surface area (Å²) in [7, 11) is -2.60. The van der Waals surface area contributed by atoms with Gasteiger partial charge in [0.25, 0.3) is 0 Å². The number of rotatable bonds is 16. The highest BCUT2D eigenvalue weighted by Gasteiger charge is 2.40. The van der Waals surface area contributed by atoms with Crippen LogP contribution in [-0.2, 0) is 4.43 Å². The number of hydrogen-bond acceptors (Lipinski definition) is 1. The fourth-order valence-electron chi connectivity index (χ4n) is 3.04. The van der Waals surface area contributed by atoms with E-state index >= 15 is 0 Å². The highest BCUT2D eigenvalue weighted by molar-refractivity contribution is 7.37. The van der Waals surface area contributed by atoms with Crippen molar-refractivity contribution in [2.24, 2.45) is 0 Å². The van der Waals surface area contributed by atoms with Crippen LogP contribution in [0.1, 0.15) is 97.3 Å². The van der Waals surface area contributed by atoms with Gasteiger partial charge in [-0.3, -0.25) is 0 Å². The lowest BCUT2D eigenvalue weighted by molar-refractivity contribution is 0.172. The van der Waals surface area contributed by atoms with Crippen LogP contribution in [0.25, 0.3) is 0 Å². The third-order valence-corrected chi connectivity index (χ3v) is 21.5. The molecule has 0 spiro atoms. The molecule has 0 N–H and O–H groups in total. The van der Waals surface area contributed by atoms with E-state index in [0.29, 0.717) is 6.10 Å². The average molecular weight is 373 g/mol. The highest BCUT2D eigenvalue weighted by atomic mass is 29.3. The number of unbranched alkanes of at least 4 members (excludes halogenated alkanes) is 9. The Morgan fingerprint density at radius 2 is 1.04 bits per heavy atom. The van der Waals surface area contributed by atoms with Gasteiger partial charge in [0.2, 0.25) is 0 Å². The molecule has 0 aromatic rings. The Labute approximate surface area is 156 Å². The molecule has 0 aliphatic heterocycles. The Hall–Kier alpha value is 0.394. The summed E-state index contributed by atoms with van der Waals surface area (Å²) in [6.07, 6.45) is 18.6. The second-order valence-corrected chi connectivity index (χ2v) is 25.1. The second kappa shape index (κ2) is 13.6. The zero-order valence-corrected chi connectivity index (χ0v) is 20.2. The molecule has 0 saturated carbocycles. The van der Waals surface area contributed by atoms with Gasteiger partial charge in [-0.05, 0) is 25.9 Å². The molecule has 0 fully saturated rings. The van der Waals surface area contributed by atoms with Crippen molar-refractivity contribution in [3.05, 3.63) is 0 Å². The summed E-state index contributed by atoms with van der Waals surface area (Å²) >= 11 is 0. The maximum Gasteiger partial charge on any atom is 0.173 e. The Kier molecular flexibility index (Phi) is 13.8. The molecule has 0 amide bonds. The minimum atomic E-state index is -1.46. The Morgan fingerprint density at radius 3 is 1.46 bits per heavy atom. The molecule has 0 rings (SSSR count). The molecule has 24 heavy (non-hydrogen) atoms. The summed E-state index contributed by atoms with van der Waals surface area (Å²) in [4.78, 5) is 0. The van der Waals surface area contributed by atoms with E-state index in [-0.39, 0.29) is 0 Å². The van der Waals surface area contributed by atoms with Crippen LogP contribution < -0.4 is 0 Å². The van der Waals surface area contributed by atoms with E-state index in [1.54, 1.807) is 0 Å². The molecule has 146 valence electrons. The van der Waals surface area contributed by atoms with E-state index in [1.807, 2.05) is 0 Å². The lowest BCUT2D eigenvalue weighted by Crippen LogP contribution is -2.56. The van der Waals surface area contributed by atoms with E-state index in [2.05, 4.69) is 46.6 Å². The van der Waals surface area contributed by atoms with Gasteiger partial charge < -0.3 is 4.43 Å². The largest absolute Gasteiger partial charge is 0.417 e. The first-order valence-electron chi connectivity index (χ1n) is 10.9. The van der Waals surface area contributed by atoms with Crippen LogP contribution in [0.2, 0.25) is 32.7 Å². The van der Waals surface area contributed by atoms with E-state index in [4.69, 9.17) is 4.43 Å². The van der Waals surface area contributed by atoms with Gasteiger partial charge in [-0.1, -0.05) is 104 Å². The predicted molar refractivity (Wildman–Crippen MR) is 117 cm³/mol. The Bertz CT molecular complexity index is 284. The van der Waals surface area contributed by atoms with Gasteiger partial charge >= 0.3 is 0 Å². The van der Waals surface area contributed by atoms with Crippen molar-refractivity contribution in [3.8, 4) is 0 Å². The summed E-state index contributed by atoms with van der Waals surface area (Å²) in [5.74, 6) is 0. The van der Waals surface area contributed by atoms with E-state index < -0.39 is 15.4 Å². The topological polar surface area (TPSA) is 9.23 Å². The fourth-order valence-corrected chi connectivity index (χ4v) is 6.02. The molecule has 0 aliphatic rings. The summed E-state index contributed by atoms with van der Waals surface area (Å²) in [6.45, 7) is 17.0. The van der Waals surface area contributed by atoms with Crippen molar-refractivity contribution < 1.29 is 4.43 Å². The first-order chi connectivity index (χ1) is 11.2. The second-order valence-electron chi connectivity index (χ2n) is 9.26. The van der Waals surface area contributed by atoms with Gasteiger partial charge in [0, 0.05) is 6.10 Å². The zero-order valence-electron chi connectivity index (χ0n) is 18.2. The van der Waals surface area contributed by atoms with E-state index in [0.717, 1.165) is 0 Å². The predicted octanol–water partition coefficient (Wildman–Crippen LogP) is 8.10. The van der Waals surface area contributed by atoms with Crippen LogP contribution in [0.3, 0.4) is 0 Å². The molecule has 3 heteroatoms. The van der Waals surface area contributed by atoms with Crippen LogP contribution in [0, 0.1) is 0 Å². The lowest BCUT2D eigenvalue weighted by Gasteiger charge is -2.38. The minimum Gasteiger partial charge on any atom is -0.417 e. The summed E-state index contributed by atoms with van der Waals surface area (Å²) in [5.41, 5.74) is 0. The van der Waals surface area contributed by atoms with Crippen molar-refractivity contribution >= 4 is 15.4 Å². The molecule has 1 nitrogen and oxygen atoms in total. The molecule has 0 aliphatic carbocycles. The van der Waals surface area contributed by atoms with Crippen molar-refractivity contribution in [3.63, 3.8) is 0 Å². The minimum absolute atomic E-state index is 0.539. The average Bonchev–Trinajstić information content (AvgIpc) is 2.47. The normalized spacial score (nSPS) is 14.1. The molecule has 0 heterocycles. The summed E-state index contributed by atoms with van der Waals surface area (Å²) in [6, 6.07) is 0. The van der Waals surface area contributed by atoms with Crippen LogP contribution in [-0.4, -0.2) is 21.5 Å². The standard InChI is InChI=1S/C21H48OSi2/c1-8-10-11-12-13-14-15-16-17-18-20-21(19-9-2)22-24(6,7)23(3,4)5/h21H,8-20H2,1-7H3. The van der Waals surface area contributed by atoms with Crippen LogP contribution in [0.4, 0.5) is 0 Å². The van der Waals surface area contributed by atoms with Crippen LogP contribution in [0.15, 0.2) is 0 Å². The monoisotopic (exact) mass is 372 g/mol. The lowest BCUT2D eigenvalue weighted by atomic mass is 10.0. The van der Waals surface area contributed by atoms with Gasteiger partial charge in [0.1, 0.15) is 0 Å². The molecule has 1 atom stereocenters. The first kappa shape index (κ1) is 24.4. The third kappa shape index (κ3) is 11.9. The van der Waals surface area contributed by atoms with E-state index in [1.165, 1.54) is 83.5 Å². The number of hydrogen-bond donors (Lipinski definition) is 0. The third-order valence-electron chi connectivity index (χ3n) is 5.76. The van der Waals surface area contributed by atoms with Gasteiger partial charge in [-0.25, -0.2) is 0 Å². The van der Waals surface area contributed by atoms with Gasteiger partial charge in [-0.2, -0.15) is 0 Å². The first-order valence-corrected chi connectivity index (χ1v) is 18.3.